The molecule has 0 aliphatic carbocycles. The van der Waals surface area contributed by atoms with Crippen molar-refractivity contribution in [2.24, 2.45) is 0 Å². The molecule has 3 heterocycles. The fourth-order valence-electron chi connectivity index (χ4n) is 3.71. The molecule has 38 heavy (non-hydrogen) atoms. The number of anilines is 4. The molecule has 1 aliphatic rings. The quantitative estimate of drug-likeness (QED) is 0.239. The Kier molecular flexibility index (Phi) is 10.2. The molecule has 10 nitrogen and oxygen atoms in total. The number of hydrogen-bond acceptors (Lipinski definition) is 9. The van der Waals surface area contributed by atoms with E-state index < -0.39 is 16.6 Å². The maximum absolute atomic E-state index is 11.9. The second-order valence-corrected chi connectivity index (χ2v) is 10.6. The molecule has 0 saturated carbocycles. The highest BCUT2D eigenvalue weighted by Gasteiger charge is 2.20. The fraction of sp³-hybridized carbons (Fsp3) is 0.333. The summed E-state index contributed by atoms with van der Waals surface area (Å²) >= 11 is 0. The smallest absolute Gasteiger partial charge is 0.229 e. The number of rotatable bonds is 9. The summed E-state index contributed by atoms with van der Waals surface area (Å²) in [4.78, 5) is 24.6. The largest absolute Gasteiger partial charge is 0.384 e. The summed E-state index contributed by atoms with van der Waals surface area (Å²) < 4.78 is 13.8. The number of nitrogens with zero attached hydrogens (tertiary/aromatic N) is 4. The van der Waals surface area contributed by atoms with E-state index in [0.29, 0.717) is 36.1 Å². The van der Waals surface area contributed by atoms with Crippen LogP contribution in [0.25, 0.3) is 0 Å². The Hall–Kier alpha value is -3.51. The van der Waals surface area contributed by atoms with Crippen molar-refractivity contribution in [1.82, 2.24) is 24.6 Å². The third kappa shape index (κ3) is 7.99. The molecule has 4 N–H and O–H groups in total. The standard InChI is InChI=1S/C23H26N6O3S.C4H9N/c1-23(2,31)19-5-4-6-20(26-19)27-21-17(14-30)12-24-22(28-21)25-18-8-7-15-9-10-29(33(3)32)13-16(15)11-18;1-3-4-5-2/h4-8,11-12,14,31H,9-10,13H2,1-3H3,(H2,24,25,26,27,28);3,5H,1,4H2,2H3. The van der Waals surface area contributed by atoms with E-state index in [1.165, 1.54) is 11.8 Å². The molecule has 4 rings (SSSR count). The van der Waals surface area contributed by atoms with Crippen LogP contribution in [0.15, 0.2) is 55.3 Å². The van der Waals surface area contributed by atoms with Crippen LogP contribution < -0.4 is 16.0 Å². The van der Waals surface area contributed by atoms with E-state index in [1.54, 1.807) is 38.3 Å². The SMILES string of the molecule is C=CCNC.CS(=O)N1CCc2ccc(Nc3ncc(C=O)c(Nc4cccc(C(C)(C)O)n4)n3)cc2C1. The summed E-state index contributed by atoms with van der Waals surface area (Å²) in [7, 11) is 0.878. The van der Waals surface area contributed by atoms with E-state index in [1.807, 2.05) is 29.6 Å². The van der Waals surface area contributed by atoms with Crippen LogP contribution in [0.1, 0.15) is 41.0 Å². The first-order chi connectivity index (χ1) is 18.1. The van der Waals surface area contributed by atoms with Gasteiger partial charge in [-0.2, -0.15) is 4.98 Å². The van der Waals surface area contributed by atoms with Crippen LogP contribution in [0.3, 0.4) is 0 Å². The zero-order valence-corrected chi connectivity index (χ0v) is 23.0. The molecular weight excluding hydrogens is 502 g/mol. The highest BCUT2D eigenvalue weighted by atomic mass is 32.2. The van der Waals surface area contributed by atoms with Crippen LogP contribution in [0.2, 0.25) is 0 Å². The lowest BCUT2D eigenvalue weighted by atomic mass is 10.0. The van der Waals surface area contributed by atoms with Crippen molar-refractivity contribution in [3.63, 3.8) is 0 Å². The monoisotopic (exact) mass is 537 g/mol. The minimum absolute atomic E-state index is 0.280. The van der Waals surface area contributed by atoms with Crippen LogP contribution in [-0.4, -0.2) is 61.3 Å². The summed E-state index contributed by atoms with van der Waals surface area (Å²) in [6.07, 6.45) is 6.47. The van der Waals surface area contributed by atoms with Gasteiger partial charge in [-0.1, -0.05) is 18.2 Å². The van der Waals surface area contributed by atoms with Gasteiger partial charge in [0.25, 0.3) is 0 Å². The minimum Gasteiger partial charge on any atom is -0.384 e. The predicted octanol–water partition coefficient (Wildman–Crippen LogP) is 3.44. The number of aromatic nitrogens is 3. The van der Waals surface area contributed by atoms with E-state index in [0.717, 1.165) is 30.8 Å². The number of carbonyl (C=O) groups is 1. The minimum atomic E-state index is -1.10. The van der Waals surface area contributed by atoms with Crippen LogP contribution >= 0.6 is 0 Å². The van der Waals surface area contributed by atoms with E-state index >= 15 is 0 Å². The van der Waals surface area contributed by atoms with Gasteiger partial charge in [-0.25, -0.2) is 18.5 Å². The van der Waals surface area contributed by atoms with Gasteiger partial charge in [0.1, 0.15) is 17.2 Å². The van der Waals surface area contributed by atoms with Crippen molar-refractivity contribution < 1.29 is 14.1 Å². The van der Waals surface area contributed by atoms with Gasteiger partial charge in [0.2, 0.25) is 5.95 Å². The zero-order valence-electron chi connectivity index (χ0n) is 22.2. The third-order valence-electron chi connectivity index (χ3n) is 5.72. The Morgan fingerprint density at radius 2 is 1.97 bits per heavy atom. The Morgan fingerprint density at radius 3 is 2.61 bits per heavy atom. The number of aldehydes is 1. The number of nitrogens with one attached hydrogen (secondary N) is 3. The zero-order chi connectivity index (χ0) is 27.7. The Bertz CT molecular complexity index is 1290. The summed E-state index contributed by atoms with van der Waals surface area (Å²) in [5.74, 6) is 1.06. The molecule has 2 aromatic heterocycles. The molecule has 0 radical (unpaired) electrons. The first-order valence-corrected chi connectivity index (χ1v) is 13.7. The van der Waals surface area contributed by atoms with Crippen molar-refractivity contribution in [1.29, 1.82) is 0 Å². The van der Waals surface area contributed by atoms with E-state index in [-0.39, 0.29) is 5.56 Å². The third-order valence-corrected chi connectivity index (χ3v) is 6.76. The summed E-state index contributed by atoms with van der Waals surface area (Å²) in [5.41, 5.74) is 2.81. The normalized spacial score (nSPS) is 13.9. The second kappa shape index (κ2) is 13.3. The number of carbonyl (C=O) groups excluding carboxylic acids is 1. The summed E-state index contributed by atoms with van der Waals surface area (Å²) in [5, 5.41) is 19.3. The number of hydrogen-bond donors (Lipinski definition) is 4. The maximum atomic E-state index is 11.9. The van der Waals surface area contributed by atoms with Crippen LogP contribution in [0.4, 0.5) is 23.3 Å². The van der Waals surface area contributed by atoms with Gasteiger partial charge in [0.15, 0.2) is 6.29 Å². The van der Waals surface area contributed by atoms with Gasteiger partial charge in [-0.05, 0) is 62.7 Å². The highest BCUT2D eigenvalue weighted by Crippen LogP contribution is 2.26. The Morgan fingerprint density at radius 1 is 1.18 bits per heavy atom. The number of likely N-dealkylation sites (N-methyl/N-ethyl adjacent to an activating group) is 1. The van der Waals surface area contributed by atoms with Gasteiger partial charge in [0, 0.05) is 37.8 Å². The lowest BCUT2D eigenvalue weighted by Crippen LogP contribution is -2.31. The van der Waals surface area contributed by atoms with Crippen molar-refractivity contribution >= 4 is 40.5 Å². The number of fused-ring (bicyclic) bond motifs is 1. The number of benzene rings is 1. The average molecular weight is 538 g/mol. The molecule has 0 bridgehead atoms. The molecular formula is C27H35N7O3S. The number of aliphatic hydroxyl groups is 1. The molecule has 0 amide bonds. The van der Waals surface area contributed by atoms with Crippen LogP contribution in [0, 0.1) is 0 Å². The molecule has 0 spiro atoms. The van der Waals surface area contributed by atoms with Gasteiger partial charge >= 0.3 is 0 Å². The van der Waals surface area contributed by atoms with Crippen LogP contribution in [-0.2, 0) is 29.6 Å². The fourth-order valence-corrected chi connectivity index (χ4v) is 4.38. The predicted molar refractivity (Wildman–Crippen MR) is 152 cm³/mol. The molecule has 0 saturated heterocycles. The van der Waals surface area contributed by atoms with E-state index in [9.17, 15) is 14.1 Å². The van der Waals surface area contributed by atoms with Crippen molar-refractivity contribution in [3.8, 4) is 0 Å². The summed E-state index contributed by atoms with van der Waals surface area (Å²) in [6, 6.07) is 11.2. The molecule has 0 fully saturated rings. The average Bonchev–Trinajstić information content (AvgIpc) is 2.89. The highest BCUT2D eigenvalue weighted by molar-refractivity contribution is 7.81. The second-order valence-electron chi connectivity index (χ2n) is 9.20. The lowest BCUT2D eigenvalue weighted by molar-refractivity contribution is 0.0740. The Labute approximate surface area is 226 Å². The van der Waals surface area contributed by atoms with Gasteiger partial charge < -0.3 is 21.1 Å². The molecule has 3 aromatic rings. The van der Waals surface area contributed by atoms with Gasteiger partial charge in [0.05, 0.1) is 22.2 Å². The van der Waals surface area contributed by atoms with Crippen molar-refractivity contribution in [3.05, 3.63) is 77.6 Å². The molecule has 202 valence electrons. The first kappa shape index (κ1) is 29.1. The first-order valence-electron chi connectivity index (χ1n) is 12.2. The molecule has 1 aromatic carbocycles. The Balaban J connectivity index is 0.000000732. The molecule has 11 heteroatoms. The van der Waals surface area contributed by atoms with Crippen molar-refractivity contribution in [2.45, 2.75) is 32.4 Å². The lowest BCUT2D eigenvalue weighted by Gasteiger charge is -2.26. The van der Waals surface area contributed by atoms with E-state index in [2.05, 4.69) is 43.5 Å². The van der Waals surface area contributed by atoms with Crippen LogP contribution in [0.5, 0.6) is 0 Å². The van der Waals surface area contributed by atoms with E-state index in [4.69, 9.17) is 0 Å². The molecule has 1 unspecified atom stereocenters. The number of pyridine rings is 1. The van der Waals surface area contributed by atoms with Gasteiger partial charge in [-0.15, -0.1) is 6.58 Å². The maximum Gasteiger partial charge on any atom is 0.229 e. The molecule has 1 atom stereocenters. The van der Waals surface area contributed by atoms with Gasteiger partial charge in [-0.3, -0.25) is 4.79 Å². The molecule has 1 aliphatic heterocycles. The van der Waals surface area contributed by atoms with Crippen molar-refractivity contribution in [2.75, 3.05) is 37.0 Å². The summed E-state index contributed by atoms with van der Waals surface area (Å²) in [6.45, 7) is 9.09. The topological polar surface area (TPSA) is 132 Å².